The van der Waals surface area contributed by atoms with Gasteiger partial charge in [-0.1, -0.05) is 42.5 Å². The fourth-order valence-electron chi connectivity index (χ4n) is 3.46. The SMILES string of the molecule is O=C(OC(CS(=O)(=O)O)C(F)(F)F)c1cc2ccc3cccc4ccc(c1)c2c34. The van der Waals surface area contributed by atoms with Crippen LogP contribution in [0.1, 0.15) is 10.4 Å². The molecule has 4 aromatic rings. The molecule has 0 bridgehead atoms. The van der Waals surface area contributed by atoms with Crippen LogP contribution in [0.5, 0.6) is 0 Å². The van der Waals surface area contributed by atoms with Crippen molar-refractivity contribution < 1.29 is 35.7 Å². The predicted octanol–water partition coefficient (Wildman–Crippen LogP) is 4.56. The van der Waals surface area contributed by atoms with Gasteiger partial charge in [0.1, 0.15) is 5.75 Å². The van der Waals surface area contributed by atoms with Crippen molar-refractivity contribution in [3.63, 3.8) is 0 Å². The first-order valence-corrected chi connectivity index (χ1v) is 10.0. The number of ether oxygens (including phenoxy) is 1. The first kappa shape index (κ1) is 19.4. The Kier molecular flexibility index (Phi) is 4.39. The molecule has 0 spiro atoms. The van der Waals surface area contributed by atoms with E-state index in [2.05, 4.69) is 4.74 Å². The maximum atomic E-state index is 13.0. The Morgan fingerprint density at radius 3 is 1.90 bits per heavy atom. The molecular weight excluding hydrogens is 409 g/mol. The molecule has 0 saturated heterocycles. The summed E-state index contributed by atoms with van der Waals surface area (Å²) in [5.41, 5.74) is -0.152. The van der Waals surface area contributed by atoms with Crippen molar-refractivity contribution in [2.24, 2.45) is 0 Å². The number of rotatable bonds is 4. The van der Waals surface area contributed by atoms with E-state index in [0.29, 0.717) is 10.8 Å². The fraction of sp³-hybridized carbons (Fsp3) is 0.150. The van der Waals surface area contributed by atoms with Crippen LogP contribution in [0.15, 0.2) is 54.6 Å². The molecule has 4 aromatic carbocycles. The van der Waals surface area contributed by atoms with E-state index in [1.807, 2.05) is 30.3 Å². The molecule has 5 nitrogen and oxygen atoms in total. The van der Waals surface area contributed by atoms with Gasteiger partial charge in [0.05, 0.1) is 5.56 Å². The molecule has 1 atom stereocenters. The highest BCUT2D eigenvalue weighted by Crippen LogP contribution is 2.35. The van der Waals surface area contributed by atoms with Crippen LogP contribution < -0.4 is 0 Å². The first-order chi connectivity index (χ1) is 13.5. The summed E-state index contributed by atoms with van der Waals surface area (Å²) >= 11 is 0. The van der Waals surface area contributed by atoms with Gasteiger partial charge >= 0.3 is 12.1 Å². The quantitative estimate of drug-likeness (QED) is 0.296. The van der Waals surface area contributed by atoms with Crippen molar-refractivity contribution in [2.45, 2.75) is 12.3 Å². The summed E-state index contributed by atoms with van der Waals surface area (Å²) in [7, 11) is -5.01. The van der Waals surface area contributed by atoms with E-state index in [-0.39, 0.29) is 5.56 Å². The number of halogens is 3. The molecule has 1 unspecified atom stereocenters. The second-order valence-electron chi connectivity index (χ2n) is 6.69. The number of carbonyl (C=O) groups excluding carboxylic acids is 1. The highest BCUT2D eigenvalue weighted by atomic mass is 32.2. The van der Waals surface area contributed by atoms with Gasteiger partial charge in [-0.05, 0) is 44.5 Å². The summed E-state index contributed by atoms with van der Waals surface area (Å²) in [6, 6.07) is 15.8. The molecule has 1 N–H and O–H groups in total. The molecule has 0 heterocycles. The highest BCUT2D eigenvalue weighted by Gasteiger charge is 2.45. The third kappa shape index (κ3) is 3.70. The van der Waals surface area contributed by atoms with E-state index in [4.69, 9.17) is 4.55 Å². The molecule has 0 radical (unpaired) electrons. The van der Waals surface area contributed by atoms with Crippen LogP contribution in [0.4, 0.5) is 13.2 Å². The topological polar surface area (TPSA) is 80.7 Å². The molecule has 0 aliphatic rings. The monoisotopic (exact) mass is 422 g/mol. The fourth-order valence-corrected chi connectivity index (χ4v) is 4.09. The molecular formula is C20H13F3O5S. The van der Waals surface area contributed by atoms with Crippen LogP contribution in [-0.4, -0.2) is 37.0 Å². The lowest BCUT2D eigenvalue weighted by molar-refractivity contribution is -0.197. The second kappa shape index (κ2) is 6.57. The average molecular weight is 422 g/mol. The van der Waals surface area contributed by atoms with E-state index < -0.39 is 34.1 Å². The van der Waals surface area contributed by atoms with Gasteiger partial charge < -0.3 is 4.74 Å². The Morgan fingerprint density at radius 2 is 1.41 bits per heavy atom. The minimum atomic E-state index is -5.15. The van der Waals surface area contributed by atoms with Gasteiger partial charge in [-0.2, -0.15) is 21.6 Å². The zero-order chi connectivity index (χ0) is 21.0. The largest absolute Gasteiger partial charge is 0.448 e. The molecule has 0 aromatic heterocycles. The van der Waals surface area contributed by atoms with Crippen LogP contribution >= 0.6 is 0 Å². The maximum Gasteiger partial charge on any atom is 0.426 e. The van der Waals surface area contributed by atoms with Crippen LogP contribution in [0, 0.1) is 0 Å². The molecule has 0 amide bonds. The van der Waals surface area contributed by atoms with Gasteiger partial charge in [0, 0.05) is 0 Å². The van der Waals surface area contributed by atoms with E-state index in [0.717, 1.165) is 21.5 Å². The van der Waals surface area contributed by atoms with Gasteiger partial charge in [-0.3, -0.25) is 4.55 Å². The third-order valence-corrected chi connectivity index (χ3v) is 5.40. The van der Waals surface area contributed by atoms with Gasteiger partial charge in [0.15, 0.2) is 0 Å². The molecule has 0 fully saturated rings. The van der Waals surface area contributed by atoms with E-state index >= 15 is 0 Å². The normalized spacial score (nSPS) is 13.9. The Labute approximate surface area is 162 Å². The van der Waals surface area contributed by atoms with E-state index in [1.165, 1.54) is 12.1 Å². The lowest BCUT2D eigenvalue weighted by atomic mass is 9.93. The number of hydrogen-bond donors (Lipinski definition) is 1. The molecule has 0 aliphatic carbocycles. The Balaban J connectivity index is 1.78. The van der Waals surface area contributed by atoms with Crippen molar-refractivity contribution in [1.82, 2.24) is 0 Å². The average Bonchev–Trinajstić information content (AvgIpc) is 2.63. The van der Waals surface area contributed by atoms with E-state index in [1.54, 1.807) is 12.1 Å². The number of carbonyl (C=O) groups is 1. The predicted molar refractivity (Wildman–Crippen MR) is 102 cm³/mol. The van der Waals surface area contributed by atoms with E-state index in [9.17, 15) is 26.4 Å². The number of benzene rings is 4. The van der Waals surface area contributed by atoms with Crippen molar-refractivity contribution in [3.8, 4) is 0 Å². The number of hydrogen-bond acceptors (Lipinski definition) is 4. The zero-order valence-electron chi connectivity index (χ0n) is 14.6. The van der Waals surface area contributed by atoms with Gasteiger partial charge in [0.2, 0.25) is 6.10 Å². The number of esters is 1. The molecule has 29 heavy (non-hydrogen) atoms. The smallest absolute Gasteiger partial charge is 0.426 e. The molecule has 9 heteroatoms. The summed E-state index contributed by atoms with van der Waals surface area (Å²) in [5, 5.41) is 5.08. The van der Waals surface area contributed by atoms with Gasteiger partial charge in [0.25, 0.3) is 10.1 Å². The molecule has 0 aliphatic heterocycles. The lowest BCUT2D eigenvalue weighted by Crippen LogP contribution is -2.39. The third-order valence-electron chi connectivity index (χ3n) is 4.68. The highest BCUT2D eigenvalue weighted by molar-refractivity contribution is 7.85. The Hall–Kier alpha value is -2.91. The summed E-state index contributed by atoms with van der Waals surface area (Å²) in [5.74, 6) is -3.10. The maximum absolute atomic E-state index is 13.0. The lowest BCUT2D eigenvalue weighted by Gasteiger charge is -2.20. The van der Waals surface area contributed by atoms with Gasteiger partial charge in [-0.15, -0.1) is 0 Å². The summed E-state index contributed by atoms with van der Waals surface area (Å²) in [4.78, 5) is 12.4. The van der Waals surface area contributed by atoms with Crippen molar-refractivity contribution >= 4 is 48.4 Å². The molecule has 4 rings (SSSR count). The Bertz CT molecular complexity index is 1280. The second-order valence-corrected chi connectivity index (χ2v) is 8.19. The summed E-state index contributed by atoms with van der Waals surface area (Å²) in [6.45, 7) is 0. The number of alkyl halides is 3. The minimum Gasteiger partial charge on any atom is -0.448 e. The van der Waals surface area contributed by atoms with Crippen LogP contribution in [0.2, 0.25) is 0 Å². The van der Waals surface area contributed by atoms with Crippen LogP contribution in [0.3, 0.4) is 0 Å². The first-order valence-electron chi connectivity index (χ1n) is 8.43. The molecule has 0 saturated carbocycles. The van der Waals surface area contributed by atoms with Crippen molar-refractivity contribution in [2.75, 3.05) is 5.75 Å². The Morgan fingerprint density at radius 1 is 0.931 bits per heavy atom. The zero-order valence-corrected chi connectivity index (χ0v) is 15.4. The van der Waals surface area contributed by atoms with Crippen LogP contribution in [-0.2, 0) is 14.9 Å². The van der Waals surface area contributed by atoms with Crippen molar-refractivity contribution in [3.05, 3.63) is 60.2 Å². The van der Waals surface area contributed by atoms with Crippen LogP contribution in [0.25, 0.3) is 32.3 Å². The standard InChI is InChI=1S/C20H13F3O5S/c21-20(22,23)16(10-29(25,26)27)28-19(24)15-8-13-6-4-11-2-1-3-12-5-7-14(9-15)18(13)17(11)12/h1-9,16H,10H2,(H,25,26,27). The van der Waals surface area contributed by atoms with Crippen molar-refractivity contribution in [1.29, 1.82) is 0 Å². The van der Waals surface area contributed by atoms with Gasteiger partial charge in [-0.25, -0.2) is 4.79 Å². The molecule has 150 valence electrons. The summed E-state index contributed by atoms with van der Waals surface area (Å²) < 4.78 is 74.0. The summed E-state index contributed by atoms with van der Waals surface area (Å²) in [6.07, 6.45) is -8.13. The minimum absolute atomic E-state index is 0.152.